The van der Waals surface area contributed by atoms with Gasteiger partial charge in [-0.05, 0) is 91.0 Å². The van der Waals surface area contributed by atoms with Crippen molar-refractivity contribution in [1.29, 1.82) is 0 Å². The number of carbonyl (C=O) groups excluding carboxylic acids is 2. The van der Waals surface area contributed by atoms with Crippen LogP contribution in [0.25, 0.3) is 10.9 Å². The van der Waals surface area contributed by atoms with Gasteiger partial charge in [0.25, 0.3) is 0 Å². The molecule has 5 rings (SSSR count). The van der Waals surface area contributed by atoms with Gasteiger partial charge in [-0.15, -0.1) is 0 Å². The smallest absolute Gasteiger partial charge is 0.410 e. The van der Waals surface area contributed by atoms with Crippen LogP contribution in [0.5, 0.6) is 0 Å². The molecule has 2 amide bonds. The molecular weight excluding hydrogens is 697 g/mol. The molecule has 0 spiro atoms. The number of hydrogen-bond acceptors (Lipinski definition) is 8. The number of aromatic nitrogens is 2. The number of sulfonamides is 1. The molecule has 1 aliphatic carbocycles. The summed E-state index contributed by atoms with van der Waals surface area (Å²) in [6, 6.07) is 3.94. The molecule has 1 aromatic heterocycles. The lowest BCUT2D eigenvalue weighted by atomic mass is 10.0. The number of likely N-dealkylation sites (tertiary alicyclic amines) is 1. The number of fused-ring (bicyclic) bond motifs is 1. The number of anilines is 1. The molecule has 2 aliphatic heterocycles. The Morgan fingerprint density at radius 1 is 1.12 bits per heavy atom. The number of ether oxygens (including phenoxy) is 2. The predicted octanol–water partition coefficient (Wildman–Crippen LogP) is 6.71. The maximum absolute atomic E-state index is 14.8. The third-order valence-corrected chi connectivity index (χ3v) is 14.5. The van der Waals surface area contributed by atoms with Crippen molar-refractivity contribution in [2.45, 2.75) is 141 Å². The van der Waals surface area contributed by atoms with Crippen molar-refractivity contribution in [3.05, 3.63) is 31.0 Å². The SMILES string of the molecule is C=CC(=O)N1C[C@H](n2ncc3c(N4C[C@H](C)N(C(=O)OC(C)(C)C)[C@@H](C)C4)cc(S(=O)(=O)N(COCC[Si](C)(C)C)C4(C)CC4)cc32)C[C@H]1C(C)C. The van der Waals surface area contributed by atoms with Gasteiger partial charge in [0.05, 0.1) is 34.7 Å². The minimum Gasteiger partial charge on any atom is -0.444 e. The van der Waals surface area contributed by atoms with E-state index in [1.807, 2.05) is 57.3 Å². The van der Waals surface area contributed by atoms with Gasteiger partial charge in [-0.25, -0.2) is 13.2 Å². The van der Waals surface area contributed by atoms with Crippen molar-refractivity contribution < 1.29 is 27.5 Å². The molecule has 12 nitrogen and oxygen atoms in total. The third kappa shape index (κ3) is 8.55. The van der Waals surface area contributed by atoms with E-state index < -0.39 is 29.2 Å². The summed E-state index contributed by atoms with van der Waals surface area (Å²) in [5, 5.41) is 5.72. The average Bonchev–Trinajstić information content (AvgIpc) is 3.40. The summed E-state index contributed by atoms with van der Waals surface area (Å²) in [5.41, 5.74) is 0.312. The van der Waals surface area contributed by atoms with Crippen LogP contribution in [-0.4, -0.2) is 115 Å². The van der Waals surface area contributed by atoms with Gasteiger partial charge in [0.15, 0.2) is 0 Å². The van der Waals surface area contributed by atoms with Crippen LogP contribution in [0.15, 0.2) is 35.9 Å². The van der Waals surface area contributed by atoms with Crippen molar-refractivity contribution in [3.8, 4) is 0 Å². The van der Waals surface area contributed by atoms with Gasteiger partial charge < -0.3 is 19.3 Å². The number of rotatable bonds is 12. The monoisotopic (exact) mass is 758 g/mol. The second kappa shape index (κ2) is 14.7. The molecule has 2 saturated heterocycles. The zero-order valence-electron chi connectivity index (χ0n) is 33.3. The lowest BCUT2D eigenvalue weighted by Gasteiger charge is -2.45. The van der Waals surface area contributed by atoms with Crippen LogP contribution in [0.2, 0.25) is 25.7 Å². The molecule has 3 aliphatic rings. The summed E-state index contributed by atoms with van der Waals surface area (Å²) in [5.74, 6) is 0.107. The normalized spacial score (nSPS) is 23.9. The molecular formula is C38H62N6O6SSi. The van der Waals surface area contributed by atoms with Crippen LogP contribution in [-0.2, 0) is 24.3 Å². The molecule has 14 heteroatoms. The topological polar surface area (TPSA) is 118 Å². The van der Waals surface area contributed by atoms with E-state index in [1.54, 1.807) is 21.3 Å². The molecule has 0 N–H and O–H groups in total. The predicted molar refractivity (Wildman–Crippen MR) is 209 cm³/mol. The summed E-state index contributed by atoms with van der Waals surface area (Å²) in [6.45, 7) is 28.3. The highest BCUT2D eigenvalue weighted by molar-refractivity contribution is 7.89. The number of piperazine rings is 1. The third-order valence-electron chi connectivity index (χ3n) is 10.8. The first-order chi connectivity index (χ1) is 24.1. The zero-order chi connectivity index (χ0) is 38.6. The van der Waals surface area contributed by atoms with Gasteiger partial charge in [0.2, 0.25) is 15.9 Å². The first-order valence-corrected chi connectivity index (χ1v) is 24.0. The molecule has 2 aromatic rings. The van der Waals surface area contributed by atoms with E-state index >= 15 is 0 Å². The van der Waals surface area contributed by atoms with Crippen LogP contribution in [0, 0.1) is 5.92 Å². The van der Waals surface area contributed by atoms with E-state index in [-0.39, 0.29) is 53.7 Å². The largest absolute Gasteiger partial charge is 0.444 e. The lowest BCUT2D eigenvalue weighted by molar-refractivity contribution is -0.127. The zero-order valence-corrected chi connectivity index (χ0v) is 35.1. The van der Waals surface area contributed by atoms with E-state index in [1.165, 1.54) is 6.08 Å². The quantitative estimate of drug-likeness (QED) is 0.102. The van der Waals surface area contributed by atoms with Crippen molar-refractivity contribution in [1.82, 2.24) is 23.9 Å². The molecule has 0 unspecified atom stereocenters. The number of benzene rings is 1. The highest BCUT2D eigenvalue weighted by Gasteiger charge is 2.50. The van der Waals surface area contributed by atoms with Gasteiger partial charge in [0, 0.05) is 57.0 Å². The first kappa shape index (κ1) is 40.2. The Balaban J connectivity index is 1.58. The molecule has 0 bridgehead atoms. The van der Waals surface area contributed by atoms with E-state index in [0.29, 0.717) is 38.2 Å². The fourth-order valence-corrected chi connectivity index (χ4v) is 10.1. The lowest BCUT2D eigenvalue weighted by Crippen LogP contribution is -2.59. The van der Waals surface area contributed by atoms with Crippen LogP contribution in [0.1, 0.15) is 80.7 Å². The minimum atomic E-state index is -4.02. The fraction of sp³-hybridized carbons (Fsp3) is 0.711. The van der Waals surface area contributed by atoms with Gasteiger partial charge in [-0.1, -0.05) is 40.1 Å². The second-order valence-corrected chi connectivity index (χ2v) is 25.5. The number of carbonyl (C=O) groups is 2. The van der Waals surface area contributed by atoms with Crippen LogP contribution < -0.4 is 4.90 Å². The Morgan fingerprint density at radius 3 is 2.29 bits per heavy atom. The first-order valence-electron chi connectivity index (χ1n) is 18.9. The Morgan fingerprint density at radius 2 is 1.75 bits per heavy atom. The fourth-order valence-electron chi connectivity index (χ4n) is 7.62. The Labute approximate surface area is 312 Å². The van der Waals surface area contributed by atoms with Crippen LogP contribution in [0.3, 0.4) is 0 Å². The molecule has 3 heterocycles. The summed E-state index contributed by atoms with van der Waals surface area (Å²) >= 11 is 0. The standard InChI is InChI=1S/C38H62N6O6SSi/c1-13-35(45)41-24-29(18-32(41)26(2)3)44-34-20-30(51(47,48)42(38(9)14-15-38)25-49-16-17-52(10,11)12)19-33(31(34)21-39-44)40-22-27(4)43(28(5)23-40)36(46)50-37(6,7)8/h13,19-21,26-29,32H,1,14-18,22-25H2,2-12H3/t27-,28-,29+,32-/m0/s1. The Kier molecular flexibility index (Phi) is 11.4. The molecule has 52 heavy (non-hydrogen) atoms. The van der Waals surface area contributed by atoms with Crippen molar-refractivity contribution in [2.75, 3.05) is 37.9 Å². The summed E-state index contributed by atoms with van der Waals surface area (Å²) in [4.78, 5) is 32.2. The number of amides is 2. The molecule has 0 radical (unpaired) electrons. The maximum Gasteiger partial charge on any atom is 0.410 e. The van der Waals surface area contributed by atoms with Crippen LogP contribution >= 0.6 is 0 Å². The van der Waals surface area contributed by atoms with Gasteiger partial charge >= 0.3 is 6.09 Å². The van der Waals surface area contributed by atoms with E-state index in [2.05, 4.69) is 45.0 Å². The molecule has 4 atom stereocenters. The number of nitrogens with zero attached hydrogens (tertiary/aromatic N) is 6. The van der Waals surface area contributed by atoms with Gasteiger partial charge in [-0.2, -0.15) is 9.40 Å². The molecule has 1 saturated carbocycles. The molecule has 3 fully saturated rings. The van der Waals surface area contributed by atoms with Crippen molar-refractivity contribution in [2.24, 2.45) is 5.92 Å². The summed E-state index contributed by atoms with van der Waals surface area (Å²) < 4.78 is 45.0. The van der Waals surface area contributed by atoms with Crippen molar-refractivity contribution >= 4 is 46.7 Å². The highest BCUT2D eigenvalue weighted by atomic mass is 32.2. The minimum absolute atomic E-state index is 0.00221. The van der Waals surface area contributed by atoms with Gasteiger partial charge in [-0.3, -0.25) is 14.4 Å². The summed E-state index contributed by atoms with van der Waals surface area (Å²) in [7, 11) is -5.39. The molecule has 1 aromatic carbocycles. The maximum atomic E-state index is 14.8. The van der Waals surface area contributed by atoms with Gasteiger partial charge in [0.1, 0.15) is 12.3 Å². The van der Waals surface area contributed by atoms with Crippen molar-refractivity contribution in [3.63, 3.8) is 0 Å². The Bertz CT molecular complexity index is 1750. The van der Waals surface area contributed by atoms with E-state index in [4.69, 9.17) is 14.6 Å². The van der Waals surface area contributed by atoms with E-state index in [9.17, 15) is 18.0 Å². The van der Waals surface area contributed by atoms with E-state index in [0.717, 1.165) is 30.0 Å². The second-order valence-electron chi connectivity index (χ2n) is 18.0. The highest BCUT2D eigenvalue weighted by Crippen LogP contribution is 2.45. The molecule has 290 valence electrons. The average molecular weight is 759 g/mol. The Hall–Kier alpha value is -2.94. The summed E-state index contributed by atoms with van der Waals surface area (Å²) in [6.07, 6.45) is 5.05. The van der Waals surface area contributed by atoms with Crippen LogP contribution in [0.4, 0.5) is 10.5 Å². The number of hydrogen-bond donors (Lipinski definition) is 0.